The van der Waals surface area contributed by atoms with Gasteiger partial charge in [0.1, 0.15) is 0 Å². The number of hydrogen-bond donors (Lipinski definition) is 2. The van der Waals surface area contributed by atoms with Crippen molar-refractivity contribution >= 4 is 11.6 Å². The van der Waals surface area contributed by atoms with Gasteiger partial charge in [-0.2, -0.15) is 5.21 Å². The van der Waals surface area contributed by atoms with E-state index in [4.69, 9.17) is 0 Å². The van der Waals surface area contributed by atoms with Crippen LogP contribution in [0.5, 0.6) is 0 Å². The number of carbonyl (C=O) groups excluding carboxylic acids is 1. The molecule has 96 valence electrons. The van der Waals surface area contributed by atoms with E-state index in [0.29, 0.717) is 11.7 Å². The molecule has 2 fully saturated rings. The number of rotatable bonds is 3. The monoisotopic (exact) mass is 255 g/mol. The Labute approximate surface area is 109 Å². The highest BCUT2D eigenvalue weighted by atomic mass is 16.2. The van der Waals surface area contributed by atoms with Gasteiger partial charge in [-0.15, -0.1) is 10.2 Å². The first-order valence-electron chi connectivity index (χ1n) is 6.43. The van der Waals surface area contributed by atoms with Gasteiger partial charge in [-0.05, 0) is 42.5 Å². The summed E-state index contributed by atoms with van der Waals surface area (Å²) in [5.41, 5.74) is 1.59. The number of tetrazole rings is 1. The molecule has 0 saturated heterocycles. The SMILES string of the molecule is O=C(Nc1cccc(-c2nn[nH]n2)c1)C12CCC1C2. The van der Waals surface area contributed by atoms with Crippen LogP contribution in [0.15, 0.2) is 24.3 Å². The molecule has 0 aliphatic heterocycles. The minimum atomic E-state index is -0.0395. The summed E-state index contributed by atoms with van der Waals surface area (Å²) in [5, 5.41) is 16.8. The third kappa shape index (κ3) is 1.56. The number of aromatic amines is 1. The lowest BCUT2D eigenvalue weighted by molar-refractivity contribution is -0.123. The summed E-state index contributed by atoms with van der Waals surface area (Å²) in [7, 11) is 0. The van der Waals surface area contributed by atoms with Gasteiger partial charge >= 0.3 is 0 Å². The molecule has 2 atom stereocenters. The number of benzene rings is 1. The zero-order valence-corrected chi connectivity index (χ0v) is 10.3. The first kappa shape index (κ1) is 10.7. The molecule has 6 heteroatoms. The summed E-state index contributed by atoms with van der Waals surface area (Å²) >= 11 is 0. The maximum absolute atomic E-state index is 12.2. The van der Waals surface area contributed by atoms with Crippen molar-refractivity contribution in [2.45, 2.75) is 19.3 Å². The molecule has 1 heterocycles. The summed E-state index contributed by atoms with van der Waals surface area (Å²) in [6.07, 6.45) is 3.30. The molecule has 2 unspecified atom stereocenters. The Balaban J connectivity index is 1.55. The summed E-state index contributed by atoms with van der Waals surface area (Å²) < 4.78 is 0. The summed E-state index contributed by atoms with van der Waals surface area (Å²) in [4.78, 5) is 12.2. The zero-order valence-electron chi connectivity index (χ0n) is 10.3. The average Bonchev–Trinajstić information content (AvgIpc) is 2.83. The van der Waals surface area contributed by atoms with Crippen molar-refractivity contribution in [3.63, 3.8) is 0 Å². The van der Waals surface area contributed by atoms with Crippen LogP contribution in [-0.4, -0.2) is 26.5 Å². The number of anilines is 1. The van der Waals surface area contributed by atoms with Crippen molar-refractivity contribution < 1.29 is 4.79 Å². The molecule has 0 spiro atoms. The Morgan fingerprint density at radius 2 is 2.42 bits per heavy atom. The number of nitrogens with one attached hydrogen (secondary N) is 2. The number of carbonyl (C=O) groups is 1. The summed E-state index contributed by atoms with van der Waals surface area (Å²) in [5.74, 6) is 1.32. The number of H-pyrrole nitrogens is 1. The van der Waals surface area contributed by atoms with Crippen LogP contribution in [0.3, 0.4) is 0 Å². The van der Waals surface area contributed by atoms with Gasteiger partial charge in [-0.3, -0.25) is 4.79 Å². The van der Waals surface area contributed by atoms with E-state index in [-0.39, 0.29) is 11.3 Å². The van der Waals surface area contributed by atoms with E-state index in [0.717, 1.165) is 24.1 Å². The molecule has 2 N–H and O–H groups in total. The second kappa shape index (κ2) is 3.63. The fraction of sp³-hybridized carbons (Fsp3) is 0.385. The molecule has 1 amide bonds. The number of fused-ring (bicyclic) bond motifs is 1. The van der Waals surface area contributed by atoms with E-state index < -0.39 is 0 Å². The van der Waals surface area contributed by atoms with E-state index in [1.165, 1.54) is 6.42 Å². The number of amides is 1. The predicted octanol–water partition coefficient (Wildman–Crippen LogP) is 1.61. The van der Waals surface area contributed by atoms with Gasteiger partial charge in [0.25, 0.3) is 0 Å². The second-order valence-corrected chi connectivity index (χ2v) is 5.37. The van der Waals surface area contributed by atoms with Crippen LogP contribution in [-0.2, 0) is 4.79 Å². The smallest absolute Gasteiger partial charge is 0.230 e. The molecule has 1 aromatic heterocycles. The number of nitrogens with zero attached hydrogens (tertiary/aromatic N) is 3. The van der Waals surface area contributed by atoms with Crippen LogP contribution < -0.4 is 5.32 Å². The lowest BCUT2D eigenvalue weighted by Crippen LogP contribution is -2.31. The van der Waals surface area contributed by atoms with Crippen LogP contribution in [0.1, 0.15) is 19.3 Å². The average molecular weight is 255 g/mol. The Kier molecular flexibility index (Phi) is 2.04. The van der Waals surface area contributed by atoms with Crippen LogP contribution in [0.4, 0.5) is 5.69 Å². The van der Waals surface area contributed by atoms with Crippen LogP contribution in [0.25, 0.3) is 11.4 Å². The molecule has 2 aliphatic carbocycles. The van der Waals surface area contributed by atoms with Crippen molar-refractivity contribution in [3.8, 4) is 11.4 Å². The molecule has 0 radical (unpaired) electrons. The Bertz CT molecular complexity index is 634. The highest BCUT2D eigenvalue weighted by molar-refractivity contribution is 5.98. The van der Waals surface area contributed by atoms with Gasteiger partial charge in [0.15, 0.2) is 0 Å². The maximum Gasteiger partial charge on any atom is 0.230 e. The third-order valence-electron chi connectivity index (χ3n) is 4.35. The highest BCUT2D eigenvalue weighted by Crippen LogP contribution is 2.67. The highest BCUT2D eigenvalue weighted by Gasteiger charge is 2.65. The zero-order chi connectivity index (χ0) is 12.9. The van der Waals surface area contributed by atoms with Crippen LogP contribution in [0.2, 0.25) is 0 Å². The lowest BCUT2D eigenvalue weighted by atomic mass is 9.84. The molecular weight excluding hydrogens is 242 g/mol. The Morgan fingerprint density at radius 3 is 3.05 bits per heavy atom. The van der Waals surface area contributed by atoms with Crippen LogP contribution in [0, 0.1) is 11.3 Å². The van der Waals surface area contributed by atoms with Crippen molar-refractivity contribution in [3.05, 3.63) is 24.3 Å². The van der Waals surface area contributed by atoms with E-state index in [9.17, 15) is 4.79 Å². The summed E-state index contributed by atoms with van der Waals surface area (Å²) in [6, 6.07) is 7.52. The second-order valence-electron chi connectivity index (χ2n) is 5.37. The molecule has 4 rings (SSSR count). The minimum Gasteiger partial charge on any atom is -0.326 e. The predicted molar refractivity (Wildman–Crippen MR) is 68.0 cm³/mol. The van der Waals surface area contributed by atoms with Crippen molar-refractivity contribution in [2.24, 2.45) is 11.3 Å². The molecule has 2 aliphatic rings. The van der Waals surface area contributed by atoms with E-state index >= 15 is 0 Å². The van der Waals surface area contributed by atoms with Crippen molar-refractivity contribution in [1.82, 2.24) is 20.6 Å². The van der Waals surface area contributed by atoms with Gasteiger partial charge in [0.2, 0.25) is 11.7 Å². The van der Waals surface area contributed by atoms with Gasteiger partial charge in [0.05, 0.1) is 5.41 Å². The standard InChI is InChI=1S/C13H13N5O/c19-12(13-5-4-9(13)7-13)14-10-3-1-2-8(6-10)11-15-17-18-16-11/h1-3,6,9H,4-5,7H2,(H,14,19)(H,15,16,17,18). The van der Waals surface area contributed by atoms with Gasteiger partial charge in [0, 0.05) is 11.3 Å². The Hall–Kier alpha value is -2.24. The number of hydrogen-bond acceptors (Lipinski definition) is 4. The van der Waals surface area contributed by atoms with E-state index in [1.807, 2.05) is 24.3 Å². The van der Waals surface area contributed by atoms with E-state index in [2.05, 4.69) is 25.9 Å². The lowest BCUT2D eigenvalue weighted by Gasteiger charge is -2.24. The number of aromatic nitrogens is 4. The fourth-order valence-corrected chi connectivity index (χ4v) is 2.95. The molecule has 2 aromatic rings. The van der Waals surface area contributed by atoms with Gasteiger partial charge in [-0.25, -0.2) is 0 Å². The van der Waals surface area contributed by atoms with E-state index in [1.54, 1.807) is 0 Å². The largest absolute Gasteiger partial charge is 0.326 e. The van der Waals surface area contributed by atoms with Crippen molar-refractivity contribution in [1.29, 1.82) is 0 Å². The van der Waals surface area contributed by atoms with Crippen molar-refractivity contribution in [2.75, 3.05) is 5.32 Å². The van der Waals surface area contributed by atoms with Crippen LogP contribution >= 0.6 is 0 Å². The molecule has 0 bridgehead atoms. The fourth-order valence-electron chi connectivity index (χ4n) is 2.95. The van der Waals surface area contributed by atoms with Gasteiger partial charge < -0.3 is 5.32 Å². The topological polar surface area (TPSA) is 83.6 Å². The Morgan fingerprint density at radius 1 is 1.47 bits per heavy atom. The molecule has 2 saturated carbocycles. The molecule has 6 nitrogen and oxygen atoms in total. The first-order chi connectivity index (χ1) is 9.28. The normalized spacial score (nSPS) is 27.3. The quantitative estimate of drug-likeness (QED) is 0.872. The van der Waals surface area contributed by atoms with Gasteiger partial charge in [-0.1, -0.05) is 12.1 Å². The minimum absolute atomic E-state index is 0.0395. The molecular formula is C13H13N5O. The molecule has 19 heavy (non-hydrogen) atoms. The summed E-state index contributed by atoms with van der Waals surface area (Å²) in [6.45, 7) is 0. The molecule has 1 aromatic carbocycles. The third-order valence-corrected chi connectivity index (χ3v) is 4.35. The first-order valence-corrected chi connectivity index (χ1v) is 6.43. The maximum atomic E-state index is 12.2.